The Morgan fingerprint density at radius 3 is 1.40 bits per heavy atom. The molecule has 0 atom stereocenters. The monoisotopic (exact) mass is 113 g/mol. The minimum absolute atomic E-state index is 0. The molecule has 0 amide bonds. The molecule has 0 saturated heterocycles. The van der Waals surface area contributed by atoms with Gasteiger partial charge in [-0.2, -0.15) is 0 Å². The molecular formula is NO3V-. The molecule has 0 aliphatic heterocycles. The molecular weight excluding hydrogens is 113 g/mol. The van der Waals surface area contributed by atoms with Crippen LogP contribution in [0.15, 0.2) is 0 Å². The number of nitrogens with zero attached hydrogens (tertiary/aromatic N) is 1. The predicted octanol–water partition coefficient (Wildman–Crippen LogP) is -0.242. The fourth-order valence-electron chi connectivity index (χ4n) is 0. The second-order valence-corrected chi connectivity index (χ2v) is 0.224. The van der Waals surface area contributed by atoms with Crippen LogP contribution >= 0.6 is 0 Å². The largest absolute Gasteiger partial charge is 0.356 e. The van der Waals surface area contributed by atoms with Crippen molar-refractivity contribution in [1.29, 1.82) is 0 Å². The van der Waals surface area contributed by atoms with Crippen LogP contribution < -0.4 is 0 Å². The van der Waals surface area contributed by atoms with Gasteiger partial charge in [-0.25, -0.2) is 0 Å². The van der Waals surface area contributed by atoms with E-state index >= 15 is 0 Å². The van der Waals surface area contributed by atoms with Crippen molar-refractivity contribution in [1.82, 2.24) is 0 Å². The molecule has 5 heteroatoms. The van der Waals surface area contributed by atoms with Gasteiger partial charge in [0.2, 0.25) is 0 Å². The van der Waals surface area contributed by atoms with Crippen molar-refractivity contribution in [2.24, 2.45) is 0 Å². The molecule has 5 heavy (non-hydrogen) atoms. The van der Waals surface area contributed by atoms with Gasteiger partial charge in [-0.15, -0.1) is 0 Å². The summed E-state index contributed by atoms with van der Waals surface area (Å²) >= 11 is 0. The van der Waals surface area contributed by atoms with Gasteiger partial charge in [0.15, 0.2) is 0 Å². The third-order valence-electron chi connectivity index (χ3n) is 0. The van der Waals surface area contributed by atoms with Crippen LogP contribution in [-0.2, 0) is 18.6 Å². The van der Waals surface area contributed by atoms with Crippen molar-refractivity contribution in [3.8, 4) is 0 Å². The summed E-state index contributed by atoms with van der Waals surface area (Å²) in [6.07, 6.45) is 0. The molecule has 0 aliphatic carbocycles. The average molecular weight is 113 g/mol. The Hall–Kier alpha value is -0.216. The molecule has 0 fully saturated rings. The molecule has 0 rings (SSSR count). The van der Waals surface area contributed by atoms with Crippen molar-refractivity contribution in [3.05, 3.63) is 15.3 Å². The molecule has 0 spiro atoms. The fourth-order valence-corrected chi connectivity index (χ4v) is 0. The van der Waals surface area contributed by atoms with E-state index in [-0.39, 0.29) is 18.6 Å². The van der Waals surface area contributed by atoms with Gasteiger partial charge in [0.25, 0.3) is 0 Å². The van der Waals surface area contributed by atoms with Crippen molar-refractivity contribution < 1.29 is 23.6 Å². The zero-order chi connectivity index (χ0) is 3.58. The van der Waals surface area contributed by atoms with E-state index in [1.807, 2.05) is 0 Å². The first-order chi connectivity index (χ1) is 1.73. The van der Waals surface area contributed by atoms with Gasteiger partial charge in [0.05, 0.1) is 5.09 Å². The molecule has 29 valence electrons. The minimum Gasteiger partial charge on any atom is -0.356 e. The standard InChI is InChI=1S/NO3.V/c2-1(3)4;/q-1;. The molecule has 1 radical (unpaired) electrons. The van der Waals surface area contributed by atoms with E-state index in [9.17, 15) is 0 Å². The Labute approximate surface area is 39.8 Å². The SMILES string of the molecule is O=[N+]([O-])[O-].[V]. The van der Waals surface area contributed by atoms with Crippen molar-refractivity contribution in [3.63, 3.8) is 0 Å². The maximum Gasteiger partial charge on any atom is 0.0689 e. The van der Waals surface area contributed by atoms with Crippen molar-refractivity contribution in [2.75, 3.05) is 0 Å². The summed E-state index contributed by atoms with van der Waals surface area (Å²) in [5.41, 5.74) is 0. The molecule has 0 unspecified atom stereocenters. The first kappa shape index (κ1) is 8.84. The third-order valence-corrected chi connectivity index (χ3v) is 0. The molecule has 0 aromatic heterocycles. The van der Waals surface area contributed by atoms with Gasteiger partial charge < -0.3 is 15.3 Å². The normalized spacial score (nSPS) is 4.80. The second kappa shape index (κ2) is 3.78. The maximum atomic E-state index is 8.25. The van der Waals surface area contributed by atoms with Gasteiger partial charge in [0, 0.05) is 18.6 Å². The Bertz CT molecular complexity index is 29.9. The molecule has 4 nitrogen and oxygen atoms in total. The van der Waals surface area contributed by atoms with Gasteiger partial charge in [-0.3, -0.25) is 0 Å². The fraction of sp³-hybridized carbons (Fsp3) is 0. The summed E-state index contributed by atoms with van der Waals surface area (Å²) in [4.78, 5) is 8.25. The molecule has 0 aromatic carbocycles. The summed E-state index contributed by atoms with van der Waals surface area (Å²) in [6, 6.07) is 0. The zero-order valence-corrected chi connectivity index (χ0v) is 3.52. The van der Waals surface area contributed by atoms with Crippen LogP contribution in [0.25, 0.3) is 0 Å². The molecule has 0 saturated carbocycles. The summed E-state index contributed by atoms with van der Waals surface area (Å²) < 4.78 is 0. The Morgan fingerprint density at radius 1 is 1.40 bits per heavy atom. The van der Waals surface area contributed by atoms with Crippen LogP contribution in [0.2, 0.25) is 0 Å². The molecule has 0 N–H and O–H groups in total. The number of hydrogen-bond donors (Lipinski definition) is 0. The van der Waals surface area contributed by atoms with E-state index in [0.29, 0.717) is 0 Å². The third kappa shape index (κ3) is 259. The van der Waals surface area contributed by atoms with E-state index in [2.05, 4.69) is 0 Å². The van der Waals surface area contributed by atoms with Crippen molar-refractivity contribution >= 4 is 0 Å². The van der Waals surface area contributed by atoms with Gasteiger partial charge >= 0.3 is 0 Å². The van der Waals surface area contributed by atoms with E-state index < -0.39 is 5.09 Å². The van der Waals surface area contributed by atoms with E-state index in [4.69, 9.17) is 15.3 Å². The van der Waals surface area contributed by atoms with E-state index in [0.717, 1.165) is 0 Å². The summed E-state index contributed by atoms with van der Waals surface area (Å²) in [7, 11) is 0. The number of hydrogen-bond acceptors (Lipinski definition) is 3. The summed E-state index contributed by atoms with van der Waals surface area (Å²) in [5.74, 6) is 0. The molecule has 0 heterocycles. The Kier molecular flexibility index (Phi) is 6.69. The van der Waals surface area contributed by atoms with Crippen LogP contribution in [0.3, 0.4) is 0 Å². The minimum atomic E-state index is -1.75. The second-order valence-electron chi connectivity index (χ2n) is 0.224. The van der Waals surface area contributed by atoms with Gasteiger partial charge in [-0.1, -0.05) is 0 Å². The Morgan fingerprint density at radius 2 is 1.40 bits per heavy atom. The van der Waals surface area contributed by atoms with Gasteiger partial charge in [0.1, 0.15) is 0 Å². The first-order valence-electron chi connectivity index (χ1n) is 0.548. The molecule has 0 bridgehead atoms. The van der Waals surface area contributed by atoms with Crippen LogP contribution in [0.5, 0.6) is 0 Å². The van der Waals surface area contributed by atoms with Gasteiger partial charge in [-0.05, 0) is 0 Å². The van der Waals surface area contributed by atoms with Crippen LogP contribution in [0.1, 0.15) is 0 Å². The number of rotatable bonds is 0. The first-order valence-corrected chi connectivity index (χ1v) is 0.548. The smallest absolute Gasteiger partial charge is 0.0689 e. The van der Waals surface area contributed by atoms with Crippen LogP contribution in [0.4, 0.5) is 0 Å². The van der Waals surface area contributed by atoms with E-state index in [1.165, 1.54) is 0 Å². The van der Waals surface area contributed by atoms with E-state index in [1.54, 1.807) is 0 Å². The van der Waals surface area contributed by atoms with Crippen LogP contribution in [0, 0.1) is 15.3 Å². The summed E-state index contributed by atoms with van der Waals surface area (Å²) in [6.45, 7) is 0. The predicted molar refractivity (Wildman–Crippen MR) is 10.4 cm³/mol. The quantitative estimate of drug-likeness (QED) is 0.321. The maximum absolute atomic E-state index is 8.25. The molecule has 0 aromatic rings. The molecule has 0 aliphatic rings. The topological polar surface area (TPSA) is 66.2 Å². The van der Waals surface area contributed by atoms with Crippen molar-refractivity contribution in [2.45, 2.75) is 0 Å². The average Bonchev–Trinajstić information content (AvgIpc) is 0.811. The van der Waals surface area contributed by atoms with Crippen LogP contribution in [-0.4, -0.2) is 5.09 Å². The zero-order valence-electron chi connectivity index (χ0n) is 2.12. The Balaban J connectivity index is 0. The summed E-state index contributed by atoms with van der Waals surface area (Å²) in [5, 5.41) is 14.8.